The number of para-hydroxylation sites is 1. The molecule has 176 valence electrons. The number of hydrogen-bond donors (Lipinski definition) is 1. The Labute approximate surface area is 193 Å². The van der Waals surface area contributed by atoms with Gasteiger partial charge in [-0.2, -0.15) is 4.98 Å². The van der Waals surface area contributed by atoms with Gasteiger partial charge in [-0.05, 0) is 26.0 Å². The molecule has 11 heteroatoms. The van der Waals surface area contributed by atoms with Crippen molar-refractivity contribution in [1.82, 2.24) is 19.5 Å². The highest BCUT2D eigenvalue weighted by molar-refractivity contribution is 6.07. The van der Waals surface area contributed by atoms with Crippen LogP contribution in [-0.2, 0) is 34.3 Å². The molecule has 0 aliphatic heterocycles. The number of benzene rings is 1. The van der Waals surface area contributed by atoms with Crippen molar-refractivity contribution < 1.29 is 23.5 Å². The van der Waals surface area contributed by atoms with Gasteiger partial charge in [-0.25, -0.2) is 14.8 Å². The molecule has 0 aliphatic rings. The number of furan rings is 1. The van der Waals surface area contributed by atoms with Crippen molar-refractivity contribution in [3.05, 3.63) is 57.6 Å². The number of esters is 2. The number of carbonyl (C=O) groups excluding carboxylic acids is 2. The Morgan fingerprint density at radius 2 is 1.91 bits per heavy atom. The quantitative estimate of drug-likeness (QED) is 0.402. The van der Waals surface area contributed by atoms with E-state index >= 15 is 0 Å². The maximum absolute atomic E-state index is 12.5. The predicted molar refractivity (Wildman–Crippen MR) is 122 cm³/mol. The van der Waals surface area contributed by atoms with Crippen LogP contribution in [0.5, 0.6) is 0 Å². The number of aromatic nitrogens is 4. The topological polar surface area (TPSA) is 152 Å². The minimum Gasteiger partial charge on any atom is -0.462 e. The molecular formula is C23H23N5O6. The average Bonchev–Trinajstić information content (AvgIpc) is 3.15. The highest BCUT2D eigenvalue weighted by atomic mass is 16.5. The van der Waals surface area contributed by atoms with Crippen molar-refractivity contribution >= 4 is 39.8 Å². The van der Waals surface area contributed by atoms with Gasteiger partial charge in [-0.3, -0.25) is 14.2 Å². The first-order chi connectivity index (χ1) is 16.3. The fourth-order valence-corrected chi connectivity index (χ4v) is 3.62. The Kier molecular flexibility index (Phi) is 6.26. The van der Waals surface area contributed by atoms with E-state index in [0.717, 1.165) is 0 Å². The Hall–Kier alpha value is -4.28. The standard InChI is InChI=1S/C23H23N5O6/c1-4-32-23(31)18-12(2)34-21-19(18)20(24)26-15(27-21)11-33-17(29)10-9-16-25-14-8-6-5-7-13(14)22(30)28(16)3/h5-8H,4,9-11H2,1-3H3,(H2,24,26,27). The summed E-state index contributed by atoms with van der Waals surface area (Å²) in [5.74, 6) is -0.181. The van der Waals surface area contributed by atoms with Crippen LogP contribution < -0.4 is 11.3 Å². The summed E-state index contributed by atoms with van der Waals surface area (Å²) in [6, 6.07) is 7.03. The SMILES string of the molecule is CCOC(=O)c1c(C)oc2nc(COC(=O)CCc3nc4ccccc4c(=O)n3C)nc(N)c12. The van der Waals surface area contributed by atoms with E-state index in [0.29, 0.717) is 22.5 Å². The van der Waals surface area contributed by atoms with Crippen LogP contribution in [0.25, 0.3) is 22.0 Å². The van der Waals surface area contributed by atoms with Crippen LogP contribution in [0.1, 0.15) is 41.1 Å². The maximum Gasteiger partial charge on any atom is 0.342 e. The molecule has 0 radical (unpaired) electrons. The summed E-state index contributed by atoms with van der Waals surface area (Å²) in [6.07, 6.45) is 0.223. The summed E-state index contributed by atoms with van der Waals surface area (Å²) in [6.45, 7) is 3.25. The molecule has 0 spiro atoms. The number of anilines is 1. The molecule has 2 N–H and O–H groups in total. The summed E-state index contributed by atoms with van der Waals surface area (Å²) in [4.78, 5) is 49.8. The van der Waals surface area contributed by atoms with Gasteiger partial charge in [0.25, 0.3) is 5.56 Å². The number of rotatable bonds is 7. The van der Waals surface area contributed by atoms with Crippen LogP contribution in [0.15, 0.2) is 33.5 Å². The summed E-state index contributed by atoms with van der Waals surface area (Å²) >= 11 is 0. The Balaban J connectivity index is 1.45. The van der Waals surface area contributed by atoms with E-state index in [4.69, 9.17) is 19.6 Å². The van der Waals surface area contributed by atoms with E-state index in [9.17, 15) is 14.4 Å². The molecule has 11 nitrogen and oxygen atoms in total. The van der Waals surface area contributed by atoms with Gasteiger partial charge < -0.3 is 19.6 Å². The maximum atomic E-state index is 12.5. The van der Waals surface area contributed by atoms with E-state index in [-0.39, 0.29) is 59.9 Å². The zero-order valence-electron chi connectivity index (χ0n) is 19.0. The van der Waals surface area contributed by atoms with Gasteiger partial charge in [0.15, 0.2) is 12.4 Å². The smallest absolute Gasteiger partial charge is 0.342 e. The molecule has 34 heavy (non-hydrogen) atoms. The number of nitrogens with zero attached hydrogens (tertiary/aromatic N) is 4. The first-order valence-corrected chi connectivity index (χ1v) is 10.6. The van der Waals surface area contributed by atoms with E-state index < -0.39 is 11.9 Å². The van der Waals surface area contributed by atoms with Crippen molar-refractivity contribution in [2.45, 2.75) is 33.3 Å². The zero-order chi connectivity index (χ0) is 24.4. The second-order valence-corrected chi connectivity index (χ2v) is 7.53. The monoisotopic (exact) mass is 465 g/mol. The summed E-state index contributed by atoms with van der Waals surface area (Å²) in [5, 5.41) is 0.773. The lowest BCUT2D eigenvalue weighted by Gasteiger charge is -2.09. The Morgan fingerprint density at radius 3 is 2.68 bits per heavy atom. The lowest BCUT2D eigenvalue weighted by molar-refractivity contribution is -0.145. The fraction of sp³-hybridized carbons (Fsp3) is 0.304. The lowest BCUT2D eigenvalue weighted by Crippen LogP contribution is -2.23. The van der Waals surface area contributed by atoms with Crippen LogP contribution in [0.2, 0.25) is 0 Å². The van der Waals surface area contributed by atoms with Crippen LogP contribution in [0.3, 0.4) is 0 Å². The molecule has 4 aromatic rings. The number of hydrogen-bond acceptors (Lipinski definition) is 10. The minimum absolute atomic E-state index is 0.00319. The highest BCUT2D eigenvalue weighted by Crippen LogP contribution is 2.29. The molecule has 0 unspecified atom stereocenters. The summed E-state index contributed by atoms with van der Waals surface area (Å²) < 4.78 is 17.3. The van der Waals surface area contributed by atoms with Crippen LogP contribution in [-0.4, -0.2) is 38.1 Å². The predicted octanol–water partition coefficient (Wildman–Crippen LogP) is 2.21. The van der Waals surface area contributed by atoms with Gasteiger partial charge in [0.05, 0.1) is 29.3 Å². The molecule has 0 amide bonds. The molecule has 3 heterocycles. The van der Waals surface area contributed by atoms with Gasteiger partial charge in [0, 0.05) is 13.5 Å². The molecule has 0 bridgehead atoms. The largest absolute Gasteiger partial charge is 0.462 e. The van der Waals surface area contributed by atoms with Gasteiger partial charge in [-0.15, -0.1) is 0 Å². The molecule has 3 aromatic heterocycles. The molecule has 4 rings (SSSR count). The first-order valence-electron chi connectivity index (χ1n) is 10.6. The van der Waals surface area contributed by atoms with Gasteiger partial charge in [0.1, 0.15) is 23.0 Å². The molecule has 0 saturated carbocycles. The van der Waals surface area contributed by atoms with E-state index in [2.05, 4.69) is 15.0 Å². The molecule has 1 aromatic carbocycles. The van der Waals surface area contributed by atoms with E-state index in [1.165, 1.54) is 4.57 Å². The second kappa shape index (κ2) is 9.30. The molecule has 0 atom stereocenters. The number of nitrogen functional groups attached to an aromatic ring is 1. The Morgan fingerprint density at radius 1 is 1.15 bits per heavy atom. The van der Waals surface area contributed by atoms with E-state index in [1.54, 1.807) is 45.2 Å². The van der Waals surface area contributed by atoms with Crippen molar-refractivity contribution in [3.63, 3.8) is 0 Å². The fourth-order valence-electron chi connectivity index (χ4n) is 3.62. The molecule has 0 aliphatic carbocycles. The number of ether oxygens (including phenoxy) is 2. The Bertz CT molecular complexity index is 1470. The zero-order valence-corrected chi connectivity index (χ0v) is 19.0. The number of carbonyl (C=O) groups is 2. The minimum atomic E-state index is -0.579. The van der Waals surface area contributed by atoms with Gasteiger partial charge in [-0.1, -0.05) is 12.1 Å². The third kappa shape index (κ3) is 4.32. The van der Waals surface area contributed by atoms with Crippen molar-refractivity contribution in [3.8, 4) is 0 Å². The summed E-state index contributed by atoms with van der Waals surface area (Å²) in [7, 11) is 1.62. The first kappa shape index (κ1) is 22.9. The normalized spacial score (nSPS) is 11.1. The van der Waals surface area contributed by atoms with Crippen LogP contribution in [0, 0.1) is 6.92 Å². The van der Waals surface area contributed by atoms with Gasteiger partial charge >= 0.3 is 11.9 Å². The second-order valence-electron chi connectivity index (χ2n) is 7.53. The third-order valence-corrected chi connectivity index (χ3v) is 5.27. The van der Waals surface area contributed by atoms with Gasteiger partial charge in [0.2, 0.25) is 5.71 Å². The van der Waals surface area contributed by atoms with Crippen LogP contribution >= 0.6 is 0 Å². The molecule has 0 saturated heterocycles. The molecular weight excluding hydrogens is 442 g/mol. The number of nitrogens with two attached hydrogens (primary N) is 1. The highest BCUT2D eigenvalue weighted by Gasteiger charge is 2.24. The number of fused-ring (bicyclic) bond motifs is 2. The van der Waals surface area contributed by atoms with E-state index in [1.807, 2.05) is 0 Å². The third-order valence-electron chi connectivity index (χ3n) is 5.27. The average molecular weight is 465 g/mol. The van der Waals surface area contributed by atoms with Crippen LogP contribution in [0.4, 0.5) is 5.82 Å². The molecule has 0 fully saturated rings. The van der Waals surface area contributed by atoms with Crippen molar-refractivity contribution in [2.75, 3.05) is 12.3 Å². The van der Waals surface area contributed by atoms with Crippen molar-refractivity contribution in [2.24, 2.45) is 7.05 Å². The van der Waals surface area contributed by atoms with Crippen molar-refractivity contribution in [1.29, 1.82) is 0 Å². The summed E-state index contributed by atoms with van der Waals surface area (Å²) in [5.41, 5.74) is 6.69. The lowest BCUT2D eigenvalue weighted by atomic mass is 10.2. The number of aryl methyl sites for hydroxylation is 2.